The van der Waals surface area contributed by atoms with Crippen molar-refractivity contribution >= 4 is 5.95 Å². The van der Waals surface area contributed by atoms with Crippen molar-refractivity contribution < 1.29 is 4.74 Å². The van der Waals surface area contributed by atoms with Crippen molar-refractivity contribution in [1.29, 1.82) is 0 Å². The highest BCUT2D eigenvalue weighted by Crippen LogP contribution is 2.38. The van der Waals surface area contributed by atoms with Crippen LogP contribution in [0.1, 0.15) is 43.1 Å². The van der Waals surface area contributed by atoms with Gasteiger partial charge in [0, 0.05) is 30.8 Å². The van der Waals surface area contributed by atoms with Crippen molar-refractivity contribution in [3.8, 4) is 0 Å². The molecule has 98 valence electrons. The molecule has 4 nitrogen and oxygen atoms in total. The van der Waals surface area contributed by atoms with E-state index >= 15 is 0 Å². The summed E-state index contributed by atoms with van der Waals surface area (Å²) < 4.78 is 8.12. The first kappa shape index (κ1) is 10.9. The van der Waals surface area contributed by atoms with Gasteiger partial charge >= 0.3 is 0 Å². The van der Waals surface area contributed by atoms with Gasteiger partial charge in [0.25, 0.3) is 0 Å². The van der Waals surface area contributed by atoms with Crippen LogP contribution in [-0.2, 0) is 17.6 Å². The summed E-state index contributed by atoms with van der Waals surface area (Å²) in [6.07, 6.45) is 7.46. The van der Waals surface area contributed by atoms with Gasteiger partial charge in [-0.15, -0.1) is 0 Å². The first-order valence-electron chi connectivity index (χ1n) is 7.35. The van der Waals surface area contributed by atoms with Gasteiger partial charge in [0.1, 0.15) is 0 Å². The minimum atomic E-state index is 0.623. The molecule has 0 saturated carbocycles. The number of hydrogen-bond acceptors (Lipinski definition) is 3. The highest BCUT2D eigenvalue weighted by molar-refractivity contribution is 5.38. The summed E-state index contributed by atoms with van der Waals surface area (Å²) in [6, 6.07) is 0.623. The van der Waals surface area contributed by atoms with E-state index in [-0.39, 0.29) is 0 Å². The molecule has 0 spiro atoms. The van der Waals surface area contributed by atoms with Crippen molar-refractivity contribution in [1.82, 2.24) is 9.55 Å². The Labute approximate surface area is 108 Å². The lowest BCUT2D eigenvalue weighted by molar-refractivity contribution is 0.169. The normalized spacial score (nSPS) is 30.7. The maximum Gasteiger partial charge on any atom is 0.203 e. The molecule has 0 radical (unpaired) electrons. The van der Waals surface area contributed by atoms with Gasteiger partial charge < -0.3 is 14.6 Å². The van der Waals surface area contributed by atoms with Crippen molar-refractivity contribution in [2.75, 3.05) is 25.1 Å². The molecule has 1 fully saturated rings. The lowest BCUT2D eigenvalue weighted by Gasteiger charge is -2.32. The Balaban J connectivity index is 1.75. The van der Waals surface area contributed by atoms with Crippen molar-refractivity contribution in [3.05, 3.63) is 11.4 Å². The maximum absolute atomic E-state index is 5.59. The van der Waals surface area contributed by atoms with E-state index in [0.29, 0.717) is 12.0 Å². The molecule has 1 saturated heterocycles. The summed E-state index contributed by atoms with van der Waals surface area (Å²) in [4.78, 5) is 4.82. The van der Waals surface area contributed by atoms with Crippen LogP contribution in [0.5, 0.6) is 0 Å². The molecule has 2 aliphatic heterocycles. The van der Waals surface area contributed by atoms with Crippen LogP contribution in [0.25, 0.3) is 0 Å². The molecule has 3 heterocycles. The number of aromatic nitrogens is 2. The van der Waals surface area contributed by atoms with Gasteiger partial charge in [-0.1, -0.05) is 0 Å². The van der Waals surface area contributed by atoms with E-state index < -0.39 is 0 Å². The number of nitrogens with one attached hydrogen (secondary N) is 1. The van der Waals surface area contributed by atoms with Crippen molar-refractivity contribution in [2.45, 2.75) is 44.6 Å². The van der Waals surface area contributed by atoms with E-state index in [1.807, 2.05) is 0 Å². The largest absolute Gasteiger partial charge is 0.381 e. The minimum absolute atomic E-state index is 0.623. The van der Waals surface area contributed by atoms with Crippen molar-refractivity contribution in [2.24, 2.45) is 5.92 Å². The van der Waals surface area contributed by atoms with Crippen LogP contribution in [-0.4, -0.2) is 29.3 Å². The lowest BCUT2D eigenvalue weighted by Crippen LogP contribution is -2.30. The second-order valence-corrected chi connectivity index (χ2v) is 5.81. The summed E-state index contributed by atoms with van der Waals surface area (Å²) in [5.41, 5.74) is 2.87. The van der Waals surface area contributed by atoms with E-state index in [9.17, 15) is 0 Å². The van der Waals surface area contributed by atoms with Gasteiger partial charge in [-0.25, -0.2) is 4.98 Å². The van der Waals surface area contributed by atoms with E-state index in [1.54, 1.807) is 0 Å². The maximum atomic E-state index is 5.59. The summed E-state index contributed by atoms with van der Waals surface area (Å²) in [7, 11) is 0. The summed E-state index contributed by atoms with van der Waals surface area (Å²) in [5.74, 6) is 1.83. The van der Waals surface area contributed by atoms with Crippen LogP contribution in [0, 0.1) is 5.92 Å². The molecule has 0 aromatic carbocycles. The Kier molecular flexibility index (Phi) is 2.57. The minimum Gasteiger partial charge on any atom is -0.381 e. The summed E-state index contributed by atoms with van der Waals surface area (Å²) >= 11 is 0. The van der Waals surface area contributed by atoms with Crippen LogP contribution >= 0.6 is 0 Å². The Morgan fingerprint density at radius 2 is 2.17 bits per heavy atom. The zero-order chi connectivity index (χ0) is 11.9. The second kappa shape index (κ2) is 4.26. The summed E-state index contributed by atoms with van der Waals surface area (Å²) in [6.45, 7) is 2.95. The average Bonchev–Trinajstić information content (AvgIpc) is 3.05. The number of hydrogen-bond donors (Lipinski definition) is 1. The average molecular weight is 247 g/mol. The molecule has 18 heavy (non-hydrogen) atoms. The van der Waals surface area contributed by atoms with E-state index in [4.69, 9.17) is 9.72 Å². The number of rotatable bonds is 1. The number of ether oxygens (including phenoxy) is 1. The molecule has 2 unspecified atom stereocenters. The first-order chi connectivity index (χ1) is 8.93. The SMILES string of the molecule is C1CCc2c(nc3n2C(C2CCOC2)CCN3)C1. The van der Waals surface area contributed by atoms with E-state index in [2.05, 4.69) is 9.88 Å². The number of imidazole rings is 1. The predicted octanol–water partition coefficient (Wildman–Crippen LogP) is 2.16. The third-order valence-electron chi connectivity index (χ3n) is 4.73. The fourth-order valence-corrected chi connectivity index (χ4v) is 3.81. The molecule has 0 bridgehead atoms. The molecule has 4 heteroatoms. The molecule has 1 aromatic rings. The number of fused-ring (bicyclic) bond motifs is 3. The van der Waals surface area contributed by atoms with Gasteiger partial charge in [0.2, 0.25) is 5.95 Å². The molecule has 1 N–H and O–H groups in total. The molecule has 1 aliphatic carbocycles. The highest BCUT2D eigenvalue weighted by Gasteiger charge is 2.34. The smallest absolute Gasteiger partial charge is 0.203 e. The highest BCUT2D eigenvalue weighted by atomic mass is 16.5. The van der Waals surface area contributed by atoms with Gasteiger partial charge in [-0.3, -0.25) is 0 Å². The van der Waals surface area contributed by atoms with Gasteiger partial charge in [0.05, 0.1) is 12.3 Å². The Hall–Kier alpha value is -1.03. The molecule has 2 atom stereocenters. The van der Waals surface area contributed by atoms with Crippen LogP contribution in [0.3, 0.4) is 0 Å². The number of anilines is 1. The van der Waals surface area contributed by atoms with Gasteiger partial charge in [-0.05, 0) is 38.5 Å². The number of aryl methyl sites for hydroxylation is 1. The third kappa shape index (κ3) is 1.58. The third-order valence-corrected chi connectivity index (χ3v) is 4.73. The fourth-order valence-electron chi connectivity index (χ4n) is 3.81. The zero-order valence-electron chi connectivity index (χ0n) is 10.8. The molecule has 1 aromatic heterocycles. The van der Waals surface area contributed by atoms with Gasteiger partial charge in [0.15, 0.2) is 0 Å². The molecular formula is C14H21N3O. The number of nitrogens with zero attached hydrogens (tertiary/aromatic N) is 2. The standard InChI is InChI=1S/C14H21N3O/c1-2-4-13-11(3-1)16-14-15-7-5-12(17(13)14)10-6-8-18-9-10/h10,12H,1-9H2,(H,15,16). The quantitative estimate of drug-likeness (QED) is 0.826. The molecule has 0 amide bonds. The summed E-state index contributed by atoms with van der Waals surface area (Å²) in [5, 5.41) is 3.48. The second-order valence-electron chi connectivity index (χ2n) is 5.81. The van der Waals surface area contributed by atoms with Gasteiger partial charge in [-0.2, -0.15) is 0 Å². The molecule has 3 aliphatic rings. The fraction of sp³-hybridized carbons (Fsp3) is 0.786. The van der Waals surface area contributed by atoms with Crippen LogP contribution < -0.4 is 5.32 Å². The Morgan fingerprint density at radius 1 is 1.22 bits per heavy atom. The van der Waals surface area contributed by atoms with Crippen LogP contribution in [0.2, 0.25) is 0 Å². The lowest BCUT2D eigenvalue weighted by atomic mass is 9.93. The monoisotopic (exact) mass is 247 g/mol. The van der Waals surface area contributed by atoms with Crippen LogP contribution in [0.15, 0.2) is 0 Å². The predicted molar refractivity (Wildman–Crippen MR) is 69.9 cm³/mol. The van der Waals surface area contributed by atoms with E-state index in [1.165, 1.54) is 49.9 Å². The topological polar surface area (TPSA) is 39.1 Å². The first-order valence-corrected chi connectivity index (χ1v) is 7.35. The Morgan fingerprint density at radius 3 is 3.06 bits per heavy atom. The van der Waals surface area contributed by atoms with Crippen molar-refractivity contribution in [3.63, 3.8) is 0 Å². The molecule has 4 rings (SSSR count). The Bertz CT molecular complexity index is 448. The van der Waals surface area contributed by atoms with Crippen LogP contribution in [0.4, 0.5) is 5.95 Å². The zero-order valence-corrected chi connectivity index (χ0v) is 10.8. The van der Waals surface area contributed by atoms with E-state index in [0.717, 1.165) is 25.7 Å². The molecular weight excluding hydrogens is 226 g/mol.